The van der Waals surface area contributed by atoms with Gasteiger partial charge in [-0.15, -0.1) is 0 Å². The topological polar surface area (TPSA) is 47.2 Å². The lowest BCUT2D eigenvalue weighted by atomic mass is 10.3. The molecule has 0 N–H and O–H groups in total. The van der Waals surface area contributed by atoms with E-state index in [1.54, 1.807) is 12.1 Å². The van der Waals surface area contributed by atoms with E-state index in [0.717, 1.165) is 24.0 Å². The highest BCUT2D eigenvalue weighted by Crippen LogP contribution is 2.19. The number of aryl methyl sites for hydroxylation is 1. The smallest absolute Gasteiger partial charge is 0.240 e. The van der Waals surface area contributed by atoms with Crippen molar-refractivity contribution in [2.45, 2.75) is 19.9 Å². The average Bonchev–Trinajstić information content (AvgIpc) is 2.62. The second-order valence-electron chi connectivity index (χ2n) is 3.31. The first-order valence-corrected chi connectivity index (χ1v) is 4.88. The maximum absolute atomic E-state index is 10.1. The van der Waals surface area contributed by atoms with Crippen molar-refractivity contribution in [3.63, 3.8) is 0 Å². The molecule has 2 rings (SSSR count). The molecule has 0 aliphatic rings. The molecule has 0 aliphatic heterocycles. The molecule has 4 heteroatoms. The van der Waals surface area contributed by atoms with Crippen LogP contribution in [0.15, 0.2) is 29.5 Å². The molecular formula is C11H11N3O. The van der Waals surface area contributed by atoms with E-state index in [1.807, 2.05) is 12.4 Å². The molecule has 0 radical (unpaired) electrons. The molecule has 1 heterocycles. The number of aromatic nitrogens is 2. The maximum Gasteiger partial charge on any atom is 0.240 e. The van der Waals surface area contributed by atoms with Gasteiger partial charge in [-0.1, -0.05) is 6.92 Å². The van der Waals surface area contributed by atoms with Crippen molar-refractivity contribution in [3.05, 3.63) is 24.5 Å². The van der Waals surface area contributed by atoms with E-state index in [2.05, 4.69) is 21.5 Å². The second kappa shape index (κ2) is 4.07. The normalized spacial score (nSPS) is 10.2. The monoisotopic (exact) mass is 201 g/mol. The van der Waals surface area contributed by atoms with E-state index in [4.69, 9.17) is 0 Å². The van der Waals surface area contributed by atoms with Gasteiger partial charge in [-0.2, -0.15) is 4.99 Å². The molecule has 15 heavy (non-hydrogen) atoms. The van der Waals surface area contributed by atoms with Gasteiger partial charge in [-0.3, -0.25) is 0 Å². The molecule has 1 aromatic carbocycles. The predicted octanol–water partition coefficient (Wildman–Crippen LogP) is 2.41. The number of benzene rings is 1. The number of nitrogens with zero attached hydrogens (tertiary/aromatic N) is 3. The van der Waals surface area contributed by atoms with Crippen LogP contribution in [0.3, 0.4) is 0 Å². The quantitative estimate of drug-likeness (QED) is 0.565. The number of rotatable bonds is 3. The molecule has 2 aromatic rings. The van der Waals surface area contributed by atoms with Crippen LogP contribution >= 0.6 is 0 Å². The van der Waals surface area contributed by atoms with Gasteiger partial charge < -0.3 is 4.57 Å². The van der Waals surface area contributed by atoms with Crippen molar-refractivity contribution < 1.29 is 4.79 Å². The minimum atomic E-state index is 0.597. The Hall–Kier alpha value is -1.93. The molecule has 0 amide bonds. The fourth-order valence-electron chi connectivity index (χ4n) is 1.59. The molecule has 0 aliphatic carbocycles. The molecule has 0 atom stereocenters. The Labute approximate surface area is 87.3 Å². The van der Waals surface area contributed by atoms with E-state index < -0.39 is 0 Å². The van der Waals surface area contributed by atoms with Crippen molar-refractivity contribution in [1.29, 1.82) is 0 Å². The first kappa shape index (κ1) is 9.62. The van der Waals surface area contributed by atoms with E-state index >= 15 is 0 Å². The van der Waals surface area contributed by atoms with Crippen LogP contribution in [-0.4, -0.2) is 15.6 Å². The molecule has 1 aromatic heterocycles. The molecule has 4 nitrogen and oxygen atoms in total. The van der Waals surface area contributed by atoms with E-state index in [0.29, 0.717) is 5.69 Å². The zero-order valence-corrected chi connectivity index (χ0v) is 8.47. The van der Waals surface area contributed by atoms with Crippen molar-refractivity contribution in [1.82, 2.24) is 9.55 Å². The summed E-state index contributed by atoms with van der Waals surface area (Å²) in [6.45, 7) is 3.07. The van der Waals surface area contributed by atoms with Gasteiger partial charge in [0.05, 0.1) is 23.0 Å². The molecule has 0 saturated carbocycles. The first-order valence-electron chi connectivity index (χ1n) is 4.88. The Bertz CT molecular complexity index is 524. The Morgan fingerprint density at radius 1 is 1.53 bits per heavy atom. The van der Waals surface area contributed by atoms with Crippen LogP contribution in [-0.2, 0) is 11.3 Å². The van der Waals surface area contributed by atoms with Gasteiger partial charge in [0.15, 0.2) is 0 Å². The lowest BCUT2D eigenvalue weighted by molar-refractivity contribution is 0.565. The van der Waals surface area contributed by atoms with Crippen molar-refractivity contribution in [2.24, 2.45) is 4.99 Å². The molecule has 0 saturated heterocycles. The van der Waals surface area contributed by atoms with Gasteiger partial charge in [0, 0.05) is 6.54 Å². The average molecular weight is 201 g/mol. The van der Waals surface area contributed by atoms with Crippen LogP contribution in [0.5, 0.6) is 0 Å². The molecule has 0 spiro atoms. The van der Waals surface area contributed by atoms with E-state index in [9.17, 15) is 4.79 Å². The highest BCUT2D eigenvalue weighted by Gasteiger charge is 2.02. The van der Waals surface area contributed by atoms with E-state index in [1.165, 1.54) is 6.08 Å². The minimum Gasteiger partial charge on any atom is -0.331 e. The Balaban J connectivity index is 2.51. The van der Waals surface area contributed by atoms with Gasteiger partial charge in [0.25, 0.3) is 0 Å². The predicted molar refractivity (Wildman–Crippen MR) is 57.8 cm³/mol. The number of carbonyl (C=O) groups excluding carboxylic acids is 1. The summed E-state index contributed by atoms with van der Waals surface area (Å²) in [7, 11) is 0. The lowest BCUT2D eigenvalue weighted by Crippen LogP contribution is -1.93. The number of isocyanates is 1. The summed E-state index contributed by atoms with van der Waals surface area (Å²) in [5, 5.41) is 0. The number of fused-ring (bicyclic) bond motifs is 1. The third kappa shape index (κ3) is 1.80. The summed E-state index contributed by atoms with van der Waals surface area (Å²) in [5.41, 5.74) is 2.53. The second-order valence-corrected chi connectivity index (χ2v) is 3.31. The van der Waals surface area contributed by atoms with E-state index in [-0.39, 0.29) is 0 Å². The van der Waals surface area contributed by atoms with Crippen LogP contribution < -0.4 is 0 Å². The molecule has 0 fully saturated rings. The minimum absolute atomic E-state index is 0.597. The molecule has 76 valence electrons. The van der Waals surface area contributed by atoms with Gasteiger partial charge in [-0.25, -0.2) is 9.78 Å². The lowest BCUT2D eigenvalue weighted by Gasteiger charge is -2.00. The fraction of sp³-hybridized carbons (Fsp3) is 0.273. The molecule has 0 bridgehead atoms. The zero-order chi connectivity index (χ0) is 10.7. The number of imidazole rings is 1. The van der Waals surface area contributed by atoms with Crippen molar-refractivity contribution in [2.75, 3.05) is 0 Å². The molecule has 0 unspecified atom stereocenters. The van der Waals surface area contributed by atoms with Crippen molar-refractivity contribution in [3.8, 4) is 0 Å². The van der Waals surface area contributed by atoms with Gasteiger partial charge in [0.2, 0.25) is 6.08 Å². The highest BCUT2D eigenvalue weighted by atomic mass is 16.1. The number of hydrogen-bond donors (Lipinski definition) is 0. The van der Waals surface area contributed by atoms with Crippen LogP contribution in [0.4, 0.5) is 5.69 Å². The highest BCUT2D eigenvalue weighted by molar-refractivity contribution is 5.79. The van der Waals surface area contributed by atoms with Crippen LogP contribution in [0.25, 0.3) is 11.0 Å². The van der Waals surface area contributed by atoms with Gasteiger partial charge in [0.1, 0.15) is 0 Å². The summed E-state index contributed by atoms with van der Waals surface area (Å²) >= 11 is 0. The summed E-state index contributed by atoms with van der Waals surface area (Å²) in [5.74, 6) is 0. The van der Waals surface area contributed by atoms with Crippen LogP contribution in [0.2, 0.25) is 0 Å². The third-order valence-corrected chi connectivity index (χ3v) is 2.24. The van der Waals surface area contributed by atoms with Crippen LogP contribution in [0, 0.1) is 0 Å². The van der Waals surface area contributed by atoms with Crippen LogP contribution in [0.1, 0.15) is 13.3 Å². The zero-order valence-electron chi connectivity index (χ0n) is 8.47. The van der Waals surface area contributed by atoms with Gasteiger partial charge >= 0.3 is 0 Å². The largest absolute Gasteiger partial charge is 0.331 e. The summed E-state index contributed by atoms with van der Waals surface area (Å²) in [4.78, 5) is 17.9. The van der Waals surface area contributed by atoms with Crippen molar-refractivity contribution >= 4 is 22.8 Å². The van der Waals surface area contributed by atoms with Gasteiger partial charge in [-0.05, 0) is 24.6 Å². The standard InChI is InChI=1S/C11H11N3O/c1-2-5-14-7-12-10-6-9(13-8-15)3-4-11(10)14/h3-4,6-7H,2,5H2,1H3. The summed E-state index contributed by atoms with van der Waals surface area (Å²) < 4.78 is 2.09. The fourth-order valence-corrected chi connectivity index (χ4v) is 1.59. The number of aliphatic imine (C=N–C) groups is 1. The summed E-state index contributed by atoms with van der Waals surface area (Å²) in [6, 6.07) is 5.50. The Morgan fingerprint density at radius 3 is 3.13 bits per heavy atom. The maximum atomic E-state index is 10.1. The Kier molecular flexibility index (Phi) is 2.61. The summed E-state index contributed by atoms with van der Waals surface area (Å²) in [6.07, 6.45) is 4.40. The number of hydrogen-bond acceptors (Lipinski definition) is 3. The first-order chi connectivity index (χ1) is 7.35. The SMILES string of the molecule is CCCn1cnc2cc(N=C=O)ccc21. The Morgan fingerprint density at radius 2 is 2.40 bits per heavy atom. The molecular weight excluding hydrogens is 190 g/mol. The third-order valence-electron chi connectivity index (χ3n) is 2.24.